The van der Waals surface area contributed by atoms with Crippen LogP contribution in [0.1, 0.15) is 162 Å². The highest BCUT2D eigenvalue weighted by molar-refractivity contribution is 5.90. The first-order chi connectivity index (χ1) is 24.4. The van der Waals surface area contributed by atoms with Gasteiger partial charge in [-0.25, -0.2) is 4.79 Å². The molecule has 0 spiro atoms. The van der Waals surface area contributed by atoms with Crippen LogP contribution in [-0.4, -0.2) is 48.4 Å². The Balaban J connectivity index is 1.69. The Hall–Kier alpha value is -3.59. The Morgan fingerprint density at radius 3 is 1.56 bits per heavy atom. The van der Waals surface area contributed by atoms with Crippen molar-refractivity contribution in [1.82, 2.24) is 0 Å². The number of carbonyl (C=O) groups excluding carboxylic acids is 1. The van der Waals surface area contributed by atoms with Crippen LogP contribution < -0.4 is 0 Å². The van der Waals surface area contributed by atoms with Crippen molar-refractivity contribution in [2.45, 2.75) is 204 Å². The number of nitrogens with zero attached hydrogens (tertiary/aromatic N) is 12. The lowest BCUT2D eigenvalue weighted by Crippen LogP contribution is -2.29. The van der Waals surface area contributed by atoms with Crippen molar-refractivity contribution in [3.05, 3.63) is 53.4 Å². The van der Waals surface area contributed by atoms with Crippen molar-refractivity contribution in [3.63, 3.8) is 0 Å². The quantitative estimate of drug-likeness (QED) is 0.0234. The molecule has 1 fully saturated rings. The maximum atomic E-state index is 11.9. The molecule has 2 heterocycles. The average molecular weight is 697 g/mol. The minimum Gasteiger partial charge on any atom is -0.455 e. The number of hydrogen-bond acceptors (Lipinski definition) is 7. The van der Waals surface area contributed by atoms with Crippen LogP contribution in [0.2, 0.25) is 0 Å². The lowest BCUT2D eigenvalue weighted by atomic mass is 9.97. The number of hydrogen-bond donors (Lipinski definition) is 0. The Morgan fingerprint density at radius 1 is 0.640 bits per heavy atom. The van der Waals surface area contributed by atoms with Gasteiger partial charge >= 0.3 is 5.97 Å². The second kappa shape index (κ2) is 27.2. The van der Waals surface area contributed by atoms with Crippen LogP contribution in [0, 0.1) is 0 Å². The summed E-state index contributed by atoms with van der Waals surface area (Å²) in [4.78, 5) is 24.1. The summed E-state index contributed by atoms with van der Waals surface area (Å²) >= 11 is 0. The average Bonchev–Trinajstić information content (AvgIpc) is 3.71. The largest absolute Gasteiger partial charge is 0.455 e. The highest BCUT2D eigenvalue weighted by Gasteiger charge is 2.35. The maximum Gasteiger partial charge on any atom is 0.334 e. The van der Waals surface area contributed by atoms with Gasteiger partial charge in [0.05, 0.1) is 24.3 Å². The van der Waals surface area contributed by atoms with Crippen molar-refractivity contribution in [2.24, 2.45) is 20.5 Å². The van der Waals surface area contributed by atoms with E-state index in [4.69, 9.17) is 20.5 Å². The molecule has 4 unspecified atom stereocenters. The molecule has 0 aromatic rings. The molecule has 0 N–H and O–H groups in total. The van der Waals surface area contributed by atoms with E-state index >= 15 is 0 Å². The molecule has 278 valence electrons. The summed E-state index contributed by atoms with van der Waals surface area (Å²) in [5.74, 6) is -0.340. The predicted molar refractivity (Wildman–Crippen MR) is 196 cm³/mol. The van der Waals surface area contributed by atoms with Gasteiger partial charge in [0.25, 0.3) is 0 Å². The van der Waals surface area contributed by atoms with E-state index in [1.807, 2.05) is 0 Å². The minimum absolute atomic E-state index is 0.117. The predicted octanol–water partition coefficient (Wildman–Crippen LogP) is 12.3. The van der Waals surface area contributed by atoms with Gasteiger partial charge in [-0.15, -0.1) is 0 Å². The third-order valence-corrected chi connectivity index (χ3v) is 9.94. The van der Waals surface area contributed by atoms with Crippen LogP contribution >= 0.6 is 0 Å². The molecule has 0 aromatic heterocycles. The third kappa shape index (κ3) is 17.9. The first-order valence-electron chi connectivity index (χ1n) is 19.2. The fourth-order valence-corrected chi connectivity index (χ4v) is 7.18. The van der Waals surface area contributed by atoms with Crippen molar-refractivity contribution < 1.29 is 14.3 Å². The molecule has 0 bridgehead atoms. The topological polar surface area (TPSA) is 231 Å². The zero-order valence-electron chi connectivity index (χ0n) is 30.5. The molecule has 2 aliphatic rings. The molecule has 2 aliphatic heterocycles. The molecule has 15 nitrogen and oxygen atoms in total. The molecular weight excluding hydrogens is 636 g/mol. The van der Waals surface area contributed by atoms with E-state index in [1.54, 1.807) is 13.0 Å². The Kier molecular flexibility index (Phi) is 23.1. The maximum absolute atomic E-state index is 11.9. The summed E-state index contributed by atoms with van der Waals surface area (Å²) in [6.07, 6.45) is 23.6. The van der Waals surface area contributed by atoms with E-state index in [0.29, 0.717) is 24.8 Å². The standard InChI is InChI=1S/C35H60N12O3/c1-3-4-5-6-7-8-9-10-11-15-21-31(42-46-38)33-23-24-34(50-33)32(43-47-39)22-17-16-19-29(40-44-36)18-13-12-14-20-30(41-45-37)26-28-25-27(2)49-35(28)48/h25,27,29-34H,3-24,26H2,1-2H3/t27-,29?,30?,31?,32?,33+,34+/m0/s1. The molecule has 0 saturated carbocycles. The second-order valence-corrected chi connectivity index (χ2v) is 14.0. The van der Waals surface area contributed by atoms with E-state index in [0.717, 1.165) is 77.0 Å². The molecule has 0 aromatic carbocycles. The van der Waals surface area contributed by atoms with Gasteiger partial charge in [0, 0.05) is 37.3 Å². The molecular formula is C35H60N12O3. The van der Waals surface area contributed by atoms with Crippen LogP contribution in [0.3, 0.4) is 0 Å². The molecule has 1 saturated heterocycles. The van der Waals surface area contributed by atoms with Crippen LogP contribution in [0.5, 0.6) is 0 Å². The van der Waals surface area contributed by atoms with Crippen LogP contribution in [0.15, 0.2) is 32.1 Å². The van der Waals surface area contributed by atoms with E-state index < -0.39 is 0 Å². The number of unbranched alkanes of at least 4 members (excludes halogenated alkanes) is 12. The highest BCUT2D eigenvalue weighted by Crippen LogP contribution is 2.31. The molecule has 0 aliphatic carbocycles. The number of esters is 1. The monoisotopic (exact) mass is 696 g/mol. The first-order valence-corrected chi connectivity index (χ1v) is 19.2. The van der Waals surface area contributed by atoms with Gasteiger partial charge in [-0.05, 0) is 86.5 Å². The highest BCUT2D eigenvalue weighted by atomic mass is 16.5. The van der Waals surface area contributed by atoms with E-state index in [2.05, 4.69) is 47.0 Å². The van der Waals surface area contributed by atoms with Gasteiger partial charge in [-0.3, -0.25) is 0 Å². The molecule has 50 heavy (non-hydrogen) atoms. The van der Waals surface area contributed by atoms with E-state index in [1.165, 1.54) is 51.4 Å². The number of azide groups is 4. The van der Waals surface area contributed by atoms with Crippen LogP contribution in [0.4, 0.5) is 0 Å². The number of rotatable bonds is 30. The third-order valence-electron chi connectivity index (χ3n) is 9.94. The lowest BCUT2D eigenvalue weighted by molar-refractivity contribution is -0.139. The molecule has 7 atom stereocenters. The molecule has 0 radical (unpaired) electrons. The zero-order valence-corrected chi connectivity index (χ0v) is 30.5. The lowest BCUT2D eigenvalue weighted by Gasteiger charge is -2.23. The summed E-state index contributed by atoms with van der Waals surface area (Å²) in [5.41, 5.74) is 37.1. The van der Waals surface area contributed by atoms with Gasteiger partial charge in [0.15, 0.2) is 0 Å². The zero-order chi connectivity index (χ0) is 36.2. The summed E-state index contributed by atoms with van der Waals surface area (Å²) in [6.45, 7) is 4.04. The van der Waals surface area contributed by atoms with Gasteiger partial charge in [0.1, 0.15) is 6.10 Å². The summed E-state index contributed by atoms with van der Waals surface area (Å²) in [7, 11) is 0. The fraction of sp³-hybridized carbons (Fsp3) is 0.914. The smallest absolute Gasteiger partial charge is 0.334 e. The van der Waals surface area contributed by atoms with Gasteiger partial charge in [-0.2, -0.15) is 0 Å². The summed E-state index contributed by atoms with van der Waals surface area (Å²) in [6, 6.07) is -0.906. The van der Waals surface area contributed by atoms with Crippen molar-refractivity contribution >= 4 is 5.97 Å². The van der Waals surface area contributed by atoms with Gasteiger partial charge in [-0.1, -0.05) is 124 Å². The van der Waals surface area contributed by atoms with Gasteiger partial charge < -0.3 is 9.47 Å². The van der Waals surface area contributed by atoms with Crippen molar-refractivity contribution in [2.75, 3.05) is 0 Å². The molecule has 2 rings (SSSR count). The Morgan fingerprint density at radius 2 is 1.06 bits per heavy atom. The SMILES string of the molecule is CCCCCCCCCCCCC(N=[N+]=[N-])[C@H]1CC[C@H](C(CCCCC(CCCCCC(CC2=C[C@H](C)OC2=O)N=[N+]=[N-])N=[N+]=[N-])N=[N+]=[N-])O1. The fourth-order valence-electron chi connectivity index (χ4n) is 7.18. The summed E-state index contributed by atoms with van der Waals surface area (Å²) in [5, 5.41) is 16.1. The Bertz CT molecular complexity index is 1210. The Labute approximate surface area is 297 Å². The van der Waals surface area contributed by atoms with E-state index in [9.17, 15) is 15.9 Å². The molecule has 0 amide bonds. The first kappa shape index (κ1) is 42.6. The number of cyclic esters (lactones) is 1. The molecule has 15 heteroatoms. The normalized spacial score (nSPS) is 20.6. The van der Waals surface area contributed by atoms with Crippen LogP contribution in [0.25, 0.3) is 41.8 Å². The van der Waals surface area contributed by atoms with Crippen molar-refractivity contribution in [3.8, 4) is 0 Å². The van der Waals surface area contributed by atoms with E-state index in [-0.39, 0.29) is 48.4 Å². The van der Waals surface area contributed by atoms with Crippen molar-refractivity contribution in [1.29, 1.82) is 0 Å². The second-order valence-electron chi connectivity index (χ2n) is 14.0. The number of carbonyl (C=O) groups is 1. The van der Waals surface area contributed by atoms with Gasteiger partial charge in [0.2, 0.25) is 0 Å². The van der Waals surface area contributed by atoms with Crippen LogP contribution in [-0.2, 0) is 14.3 Å². The summed E-state index contributed by atoms with van der Waals surface area (Å²) < 4.78 is 11.5. The number of ether oxygens (including phenoxy) is 2. The minimum atomic E-state index is -0.340.